The van der Waals surface area contributed by atoms with E-state index in [1.165, 1.54) is 6.07 Å². The second kappa shape index (κ2) is 6.84. The van der Waals surface area contributed by atoms with Crippen LogP contribution in [0.5, 0.6) is 0 Å². The van der Waals surface area contributed by atoms with Gasteiger partial charge in [0, 0.05) is 24.8 Å². The summed E-state index contributed by atoms with van der Waals surface area (Å²) in [5.74, 6) is -0.209. The van der Waals surface area contributed by atoms with Crippen LogP contribution in [0.1, 0.15) is 18.1 Å². The molecular weight excluding hydrogens is 248 g/mol. The lowest BCUT2D eigenvalue weighted by Crippen LogP contribution is -2.30. The van der Waals surface area contributed by atoms with E-state index in [0.717, 1.165) is 0 Å². The number of benzene rings is 1. The standard InChI is InChI=1S/C13H18N2O4/c1-9(8-16)7-14-13(17)6-11-4-3-5-12(10(11)2)15(18)19/h3-5,9,16H,6-8H2,1-2H3,(H,14,17). The number of carbonyl (C=O) groups excluding carboxylic acids is 1. The third-order valence-corrected chi connectivity index (χ3v) is 2.92. The first kappa shape index (κ1) is 15.1. The summed E-state index contributed by atoms with van der Waals surface area (Å²) < 4.78 is 0. The molecule has 0 saturated carbocycles. The van der Waals surface area contributed by atoms with Crippen molar-refractivity contribution in [1.29, 1.82) is 0 Å². The zero-order valence-corrected chi connectivity index (χ0v) is 11.0. The van der Waals surface area contributed by atoms with Crippen molar-refractivity contribution in [2.75, 3.05) is 13.2 Å². The number of nitrogens with one attached hydrogen (secondary N) is 1. The van der Waals surface area contributed by atoms with Crippen LogP contribution in [0.15, 0.2) is 18.2 Å². The van der Waals surface area contributed by atoms with Gasteiger partial charge in [-0.3, -0.25) is 14.9 Å². The van der Waals surface area contributed by atoms with Crippen LogP contribution in [0.3, 0.4) is 0 Å². The highest BCUT2D eigenvalue weighted by atomic mass is 16.6. The van der Waals surface area contributed by atoms with E-state index in [1.54, 1.807) is 19.1 Å². The zero-order valence-electron chi connectivity index (χ0n) is 11.0. The van der Waals surface area contributed by atoms with Gasteiger partial charge in [0.05, 0.1) is 11.3 Å². The largest absolute Gasteiger partial charge is 0.396 e. The number of aliphatic hydroxyl groups is 1. The number of hydrogen-bond donors (Lipinski definition) is 2. The molecule has 0 bridgehead atoms. The molecule has 0 aromatic heterocycles. The van der Waals surface area contributed by atoms with Gasteiger partial charge in [0.25, 0.3) is 5.69 Å². The highest BCUT2D eigenvalue weighted by molar-refractivity contribution is 5.79. The summed E-state index contributed by atoms with van der Waals surface area (Å²) >= 11 is 0. The smallest absolute Gasteiger partial charge is 0.272 e. The lowest BCUT2D eigenvalue weighted by molar-refractivity contribution is -0.385. The van der Waals surface area contributed by atoms with E-state index in [0.29, 0.717) is 17.7 Å². The molecule has 0 spiro atoms. The zero-order chi connectivity index (χ0) is 14.4. The second-order valence-corrected chi connectivity index (χ2v) is 4.59. The van der Waals surface area contributed by atoms with Crippen LogP contribution in [0.4, 0.5) is 5.69 Å². The molecule has 0 fully saturated rings. The summed E-state index contributed by atoms with van der Waals surface area (Å²) in [5, 5.41) is 22.3. The Bertz CT molecular complexity index is 474. The molecular formula is C13H18N2O4. The third kappa shape index (κ3) is 4.33. The van der Waals surface area contributed by atoms with E-state index in [4.69, 9.17) is 5.11 Å². The molecule has 104 valence electrons. The molecule has 1 aromatic rings. The Morgan fingerprint density at radius 2 is 2.21 bits per heavy atom. The fraction of sp³-hybridized carbons (Fsp3) is 0.462. The van der Waals surface area contributed by atoms with Crippen molar-refractivity contribution in [3.05, 3.63) is 39.4 Å². The fourth-order valence-electron chi connectivity index (χ4n) is 1.65. The van der Waals surface area contributed by atoms with Gasteiger partial charge in [-0.25, -0.2) is 0 Å². The number of rotatable bonds is 6. The number of aliphatic hydroxyl groups excluding tert-OH is 1. The van der Waals surface area contributed by atoms with E-state index in [9.17, 15) is 14.9 Å². The first-order valence-electron chi connectivity index (χ1n) is 6.06. The lowest BCUT2D eigenvalue weighted by atomic mass is 10.0. The van der Waals surface area contributed by atoms with Crippen LogP contribution in [0.25, 0.3) is 0 Å². The van der Waals surface area contributed by atoms with Gasteiger partial charge in [-0.05, 0) is 18.4 Å². The highest BCUT2D eigenvalue weighted by Gasteiger charge is 2.15. The fourth-order valence-corrected chi connectivity index (χ4v) is 1.65. The van der Waals surface area contributed by atoms with Crippen molar-refractivity contribution >= 4 is 11.6 Å². The Balaban J connectivity index is 2.69. The Kier molecular flexibility index (Phi) is 5.44. The molecule has 1 rings (SSSR count). The molecule has 6 heteroatoms. The Morgan fingerprint density at radius 3 is 2.79 bits per heavy atom. The average molecular weight is 266 g/mol. The van der Waals surface area contributed by atoms with Crippen LogP contribution in [-0.2, 0) is 11.2 Å². The molecule has 0 aliphatic heterocycles. The number of hydrogen-bond acceptors (Lipinski definition) is 4. The second-order valence-electron chi connectivity index (χ2n) is 4.59. The summed E-state index contributed by atoms with van der Waals surface area (Å²) in [7, 11) is 0. The van der Waals surface area contributed by atoms with Crippen LogP contribution in [0, 0.1) is 23.0 Å². The van der Waals surface area contributed by atoms with E-state index >= 15 is 0 Å². The van der Waals surface area contributed by atoms with E-state index in [-0.39, 0.29) is 30.5 Å². The van der Waals surface area contributed by atoms with Crippen molar-refractivity contribution in [2.45, 2.75) is 20.3 Å². The molecule has 0 aliphatic carbocycles. The lowest BCUT2D eigenvalue weighted by Gasteiger charge is -2.10. The molecule has 0 heterocycles. The molecule has 0 saturated heterocycles. The summed E-state index contributed by atoms with van der Waals surface area (Å²) in [6.45, 7) is 3.86. The number of nitrogens with zero attached hydrogens (tertiary/aromatic N) is 1. The van der Waals surface area contributed by atoms with Crippen molar-refractivity contribution < 1.29 is 14.8 Å². The van der Waals surface area contributed by atoms with Gasteiger partial charge >= 0.3 is 0 Å². The minimum atomic E-state index is -0.454. The number of carbonyl (C=O) groups is 1. The Morgan fingerprint density at radius 1 is 1.53 bits per heavy atom. The van der Waals surface area contributed by atoms with Gasteiger partial charge in [-0.2, -0.15) is 0 Å². The molecule has 1 unspecified atom stereocenters. The van der Waals surface area contributed by atoms with Gasteiger partial charge in [0.2, 0.25) is 5.91 Å². The highest BCUT2D eigenvalue weighted by Crippen LogP contribution is 2.21. The third-order valence-electron chi connectivity index (χ3n) is 2.92. The maximum atomic E-state index is 11.7. The summed E-state index contributed by atoms with van der Waals surface area (Å²) in [6.07, 6.45) is 0.103. The average Bonchev–Trinajstić information content (AvgIpc) is 2.38. The topological polar surface area (TPSA) is 92.5 Å². The maximum absolute atomic E-state index is 11.7. The first-order valence-corrected chi connectivity index (χ1v) is 6.06. The predicted octanol–water partition coefficient (Wildman–Crippen LogP) is 1.19. The maximum Gasteiger partial charge on any atom is 0.272 e. The van der Waals surface area contributed by atoms with Crippen molar-refractivity contribution in [3.8, 4) is 0 Å². The number of nitro groups is 1. The Hall–Kier alpha value is -1.95. The van der Waals surface area contributed by atoms with Crippen molar-refractivity contribution in [2.24, 2.45) is 5.92 Å². The van der Waals surface area contributed by atoms with Crippen molar-refractivity contribution in [3.63, 3.8) is 0 Å². The molecule has 19 heavy (non-hydrogen) atoms. The molecule has 6 nitrogen and oxygen atoms in total. The Labute approximate surface area is 111 Å². The molecule has 1 atom stereocenters. The van der Waals surface area contributed by atoms with E-state index in [2.05, 4.69) is 5.32 Å². The van der Waals surface area contributed by atoms with Crippen LogP contribution >= 0.6 is 0 Å². The van der Waals surface area contributed by atoms with Gasteiger partial charge in [-0.1, -0.05) is 19.1 Å². The summed E-state index contributed by atoms with van der Waals surface area (Å²) in [4.78, 5) is 22.0. The SMILES string of the molecule is Cc1c(CC(=O)NCC(C)CO)cccc1[N+](=O)[O-]. The quantitative estimate of drug-likeness (QED) is 0.597. The van der Waals surface area contributed by atoms with Crippen LogP contribution in [-0.4, -0.2) is 29.1 Å². The molecule has 1 aromatic carbocycles. The van der Waals surface area contributed by atoms with Gasteiger partial charge in [0.1, 0.15) is 0 Å². The van der Waals surface area contributed by atoms with Gasteiger partial charge < -0.3 is 10.4 Å². The normalized spacial score (nSPS) is 11.9. The molecule has 0 radical (unpaired) electrons. The number of nitro benzene ring substituents is 1. The van der Waals surface area contributed by atoms with E-state index < -0.39 is 4.92 Å². The van der Waals surface area contributed by atoms with Crippen LogP contribution < -0.4 is 5.32 Å². The molecule has 2 N–H and O–H groups in total. The van der Waals surface area contributed by atoms with E-state index in [1.807, 2.05) is 6.92 Å². The van der Waals surface area contributed by atoms with Crippen molar-refractivity contribution in [1.82, 2.24) is 5.32 Å². The van der Waals surface area contributed by atoms with Crippen LogP contribution in [0.2, 0.25) is 0 Å². The molecule has 1 amide bonds. The monoisotopic (exact) mass is 266 g/mol. The number of amides is 1. The summed E-state index contributed by atoms with van der Waals surface area (Å²) in [6, 6.07) is 4.70. The predicted molar refractivity (Wildman–Crippen MR) is 70.8 cm³/mol. The van der Waals surface area contributed by atoms with Gasteiger partial charge in [0.15, 0.2) is 0 Å². The molecule has 0 aliphatic rings. The first-order chi connectivity index (χ1) is 8.95. The summed E-state index contributed by atoms with van der Waals surface area (Å²) in [5.41, 5.74) is 1.18. The minimum absolute atomic E-state index is 0.00448. The minimum Gasteiger partial charge on any atom is -0.396 e. The van der Waals surface area contributed by atoms with Gasteiger partial charge in [-0.15, -0.1) is 0 Å².